The number of aromatic hydroxyl groups is 1. The van der Waals surface area contributed by atoms with E-state index in [1.54, 1.807) is 6.07 Å². The van der Waals surface area contributed by atoms with Gasteiger partial charge < -0.3 is 20.5 Å². The predicted octanol–water partition coefficient (Wildman–Crippen LogP) is 2.37. The van der Waals surface area contributed by atoms with Crippen molar-refractivity contribution in [3.8, 4) is 11.5 Å². The summed E-state index contributed by atoms with van der Waals surface area (Å²) < 4.78 is 5.07. The smallest absolute Gasteiger partial charge is 0.259 e. The van der Waals surface area contributed by atoms with E-state index in [0.29, 0.717) is 18.0 Å². The summed E-state index contributed by atoms with van der Waals surface area (Å²) in [4.78, 5) is 12.3. The van der Waals surface area contributed by atoms with Crippen molar-refractivity contribution in [3.05, 3.63) is 53.6 Å². The summed E-state index contributed by atoms with van der Waals surface area (Å²) in [5, 5.41) is 15.7. The number of rotatable bonds is 5. The molecule has 0 bridgehead atoms. The molecule has 0 aliphatic carbocycles. The lowest BCUT2D eigenvalue weighted by Gasteiger charge is -2.12. The number of ether oxygens (including phenoxy) is 1. The number of carbonyl (C=O) groups excluding carboxylic acids is 1. The highest BCUT2D eigenvalue weighted by Crippen LogP contribution is 2.24. The molecule has 0 aromatic heterocycles. The number of nitrogens with one attached hydrogen (secondary N) is 2. The van der Waals surface area contributed by atoms with Crippen molar-refractivity contribution in [1.82, 2.24) is 5.32 Å². The van der Waals surface area contributed by atoms with Crippen molar-refractivity contribution in [2.45, 2.75) is 6.54 Å². The Labute approximate surface area is 123 Å². The topological polar surface area (TPSA) is 70.6 Å². The Morgan fingerprint density at radius 3 is 2.71 bits per heavy atom. The molecule has 21 heavy (non-hydrogen) atoms. The fourth-order valence-electron chi connectivity index (χ4n) is 2.00. The molecule has 110 valence electrons. The number of hydrogen-bond acceptors (Lipinski definition) is 4. The maximum atomic E-state index is 12.3. The zero-order chi connectivity index (χ0) is 15.2. The lowest BCUT2D eigenvalue weighted by Crippen LogP contribution is -2.15. The molecular weight excluding hydrogens is 268 g/mol. The van der Waals surface area contributed by atoms with Gasteiger partial charge in [-0.3, -0.25) is 4.79 Å². The molecule has 0 unspecified atom stereocenters. The van der Waals surface area contributed by atoms with Crippen LogP contribution < -0.4 is 15.4 Å². The van der Waals surface area contributed by atoms with Gasteiger partial charge in [0.1, 0.15) is 11.5 Å². The van der Waals surface area contributed by atoms with Gasteiger partial charge in [0.25, 0.3) is 5.91 Å². The molecule has 0 radical (unpaired) electrons. The van der Waals surface area contributed by atoms with Crippen LogP contribution in [0, 0.1) is 0 Å². The third-order valence-corrected chi connectivity index (χ3v) is 3.08. The van der Waals surface area contributed by atoms with Gasteiger partial charge in [0.15, 0.2) is 0 Å². The molecule has 0 heterocycles. The van der Waals surface area contributed by atoms with Crippen LogP contribution in [-0.4, -0.2) is 25.2 Å². The van der Waals surface area contributed by atoms with E-state index in [4.69, 9.17) is 4.74 Å². The maximum absolute atomic E-state index is 12.3. The molecule has 1 amide bonds. The van der Waals surface area contributed by atoms with Crippen molar-refractivity contribution in [1.29, 1.82) is 0 Å². The number of para-hydroxylation sites is 1. The first-order chi connectivity index (χ1) is 10.2. The summed E-state index contributed by atoms with van der Waals surface area (Å²) in [6, 6.07) is 12.0. The van der Waals surface area contributed by atoms with E-state index in [2.05, 4.69) is 10.6 Å². The average Bonchev–Trinajstić information content (AvgIpc) is 2.50. The third-order valence-electron chi connectivity index (χ3n) is 3.08. The van der Waals surface area contributed by atoms with Crippen LogP contribution in [0.25, 0.3) is 0 Å². The minimum Gasteiger partial charge on any atom is -0.507 e. The van der Waals surface area contributed by atoms with E-state index in [-0.39, 0.29) is 17.2 Å². The Bertz CT molecular complexity index is 641. The lowest BCUT2D eigenvalue weighted by atomic mass is 10.1. The van der Waals surface area contributed by atoms with Crippen LogP contribution in [0.4, 0.5) is 5.69 Å². The molecule has 0 saturated carbocycles. The van der Waals surface area contributed by atoms with Crippen molar-refractivity contribution in [2.24, 2.45) is 0 Å². The van der Waals surface area contributed by atoms with Crippen molar-refractivity contribution < 1.29 is 14.6 Å². The van der Waals surface area contributed by atoms with Gasteiger partial charge in [-0.15, -0.1) is 0 Å². The number of anilines is 1. The highest BCUT2D eigenvalue weighted by atomic mass is 16.5. The first kappa shape index (κ1) is 14.9. The normalized spacial score (nSPS) is 10.2. The summed E-state index contributed by atoms with van der Waals surface area (Å²) in [5.41, 5.74) is 1.85. The minimum atomic E-state index is -0.380. The number of benzene rings is 2. The Morgan fingerprint density at radius 2 is 2.00 bits per heavy atom. The van der Waals surface area contributed by atoms with Crippen LogP contribution in [0.3, 0.4) is 0 Å². The molecule has 2 rings (SSSR count). The fourth-order valence-corrected chi connectivity index (χ4v) is 2.00. The van der Waals surface area contributed by atoms with Crippen molar-refractivity contribution in [3.63, 3.8) is 0 Å². The summed E-state index contributed by atoms with van der Waals surface area (Å²) in [7, 11) is 3.35. The van der Waals surface area contributed by atoms with Gasteiger partial charge in [-0.2, -0.15) is 0 Å². The molecule has 0 aliphatic rings. The number of phenolic OH excluding ortho intramolecular Hbond substituents is 1. The monoisotopic (exact) mass is 286 g/mol. The van der Waals surface area contributed by atoms with Crippen molar-refractivity contribution in [2.75, 3.05) is 19.5 Å². The number of phenols is 1. The van der Waals surface area contributed by atoms with E-state index in [0.717, 1.165) is 5.56 Å². The average molecular weight is 286 g/mol. The van der Waals surface area contributed by atoms with Crippen LogP contribution in [-0.2, 0) is 6.54 Å². The van der Waals surface area contributed by atoms with Crippen LogP contribution in [0.15, 0.2) is 42.5 Å². The second kappa shape index (κ2) is 6.76. The van der Waals surface area contributed by atoms with Gasteiger partial charge in [0.05, 0.1) is 12.7 Å². The fraction of sp³-hybridized carbons (Fsp3) is 0.188. The molecule has 0 saturated heterocycles. The molecule has 0 fully saturated rings. The lowest BCUT2D eigenvalue weighted by molar-refractivity contribution is 0.102. The number of hydrogen-bond donors (Lipinski definition) is 3. The van der Waals surface area contributed by atoms with E-state index in [9.17, 15) is 9.90 Å². The second-order valence-corrected chi connectivity index (χ2v) is 4.52. The summed E-state index contributed by atoms with van der Waals surface area (Å²) >= 11 is 0. The van der Waals surface area contributed by atoms with E-state index in [1.807, 2.05) is 31.3 Å². The molecule has 0 atom stereocenters. The first-order valence-electron chi connectivity index (χ1n) is 6.56. The summed E-state index contributed by atoms with van der Waals surface area (Å²) in [6.45, 7) is 0.639. The summed E-state index contributed by atoms with van der Waals surface area (Å²) in [6.07, 6.45) is 0. The first-order valence-corrected chi connectivity index (χ1v) is 6.56. The zero-order valence-corrected chi connectivity index (χ0v) is 12.0. The molecule has 2 aromatic carbocycles. The Hall–Kier alpha value is -2.53. The SMILES string of the molecule is CNCc1ccccc1NC(=O)c1cc(OC)ccc1O. The standard InChI is InChI=1S/C16H18N2O3/c1-17-10-11-5-3-4-6-14(11)18-16(20)13-9-12(21-2)7-8-15(13)19/h3-9,17,19H,10H2,1-2H3,(H,18,20). The van der Waals surface area contributed by atoms with Crippen LogP contribution in [0.5, 0.6) is 11.5 Å². The second-order valence-electron chi connectivity index (χ2n) is 4.52. The van der Waals surface area contributed by atoms with E-state index < -0.39 is 0 Å². The molecule has 2 aromatic rings. The molecular formula is C16H18N2O3. The van der Waals surface area contributed by atoms with Crippen molar-refractivity contribution >= 4 is 11.6 Å². The highest BCUT2D eigenvalue weighted by molar-refractivity contribution is 6.06. The van der Waals surface area contributed by atoms with Gasteiger partial charge >= 0.3 is 0 Å². The van der Waals surface area contributed by atoms with Crippen LogP contribution >= 0.6 is 0 Å². The molecule has 5 nitrogen and oxygen atoms in total. The quantitative estimate of drug-likeness (QED) is 0.789. The Balaban J connectivity index is 2.26. The maximum Gasteiger partial charge on any atom is 0.259 e. The van der Waals surface area contributed by atoms with Crippen LogP contribution in [0.2, 0.25) is 0 Å². The van der Waals surface area contributed by atoms with Gasteiger partial charge in [-0.05, 0) is 36.9 Å². The summed E-state index contributed by atoms with van der Waals surface area (Å²) in [5.74, 6) is 0.0517. The minimum absolute atomic E-state index is 0.0839. The highest BCUT2D eigenvalue weighted by Gasteiger charge is 2.14. The zero-order valence-electron chi connectivity index (χ0n) is 12.0. The van der Waals surface area contributed by atoms with Gasteiger partial charge in [-0.25, -0.2) is 0 Å². The van der Waals surface area contributed by atoms with E-state index in [1.165, 1.54) is 19.2 Å². The third kappa shape index (κ3) is 3.52. The number of carbonyl (C=O) groups is 1. The van der Waals surface area contributed by atoms with Gasteiger partial charge in [0, 0.05) is 12.2 Å². The predicted molar refractivity (Wildman–Crippen MR) is 81.8 cm³/mol. The van der Waals surface area contributed by atoms with E-state index >= 15 is 0 Å². The molecule has 0 spiro atoms. The Morgan fingerprint density at radius 1 is 1.24 bits per heavy atom. The van der Waals surface area contributed by atoms with Gasteiger partial charge in [-0.1, -0.05) is 18.2 Å². The Kier molecular flexibility index (Phi) is 4.79. The number of amides is 1. The number of methoxy groups -OCH3 is 1. The van der Waals surface area contributed by atoms with Crippen LogP contribution in [0.1, 0.15) is 15.9 Å². The molecule has 5 heteroatoms. The largest absolute Gasteiger partial charge is 0.507 e. The molecule has 3 N–H and O–H groups in total. The van der Waals surface area contributed by atoms with Gasteiger partial charge in [0.2, 0.25) is 0 Å². The molecule has 0 aliphatic heterocycles.